The molecule has 0 amide bonds. The number of unbranched alkanes of at least 4 members (excludes halogenated alkanes) is 1. The van der Waals surface area contributed by atoms with Crippen LogP contribution in [0.3, 0.4) is 0 Å². The Morgan fingerprint density at radius 2 is 1.76 bits per heavy atom. The van der Waals surface area contributed by atoms with Gasteiger partial charge in [0.15, 0.2) is 5.78 Å². The summed E-state index contributed by atoms with van der Waals surface area (Å²) in [5, 5.41) is 3.20. The first-order valence-corrected chi connectivity index (χ1v) is 6.38. The van der Waals surface area contributed by atoms with Gasteiger partial charge in [-0.15, -0.1) is 0 Å². The summed E-state index contributed by atoms with van der Waals surface area (Å²) in [6, 6.07) is 4.15. The van der Waals surface area contributed by atoms with Gasteiger partial charge in [-0.3, -0.25) is 4.79 Å². The minimum absolute atomic E-state index is 0.205. The Morgan fingerprint density at radius 3 is 2.29 bits per heavy atom. The van der Waals surface area contributed by atoms with Crippen LogP contribution in [0.2, 0.25) is 0 Å². The molecule has 0 bridgehead atoms. The maximum absolute atomic E-state index is 12.1. The summed E-state index contributed by atoms with van der Waals surface area (Å²) in [6.45, 7) is 9.61. The van der Waals surface area contributed by atoms with Crippen molar-refractivity contribution in [3.05, 3.63) is 34.4 Å². The summed E-state index contributed by atoms with van der Waals surface area (Å²) in [7, 11) is 0. The smallest absolute Gasteiger partial charge is 0.177 e. The third-order valence-corrected chi connectivity index (χ3v) is 2.95. The van der Waals surface area contributed by atoms with Crippen LogP contribution in [0.25, 0.3) is 0 Å². The predicted molar refractivity (Wildman–Crippen MR) is 72.8 cm³/mol. The summed E-state index contributed by atoms with van der Waals surface area (Å²) in [6.07, 6.45) is 2.28. The molecule has 0 spiro atoms. The summed E-state index contributed by atoms with van der Waals surface area (Å²) in [4.78, 5) is 12.1. The maximum Gasteiger partial charge on any atom is 0.177 e. The molecular weight excluding hydrogens is 210 g/mol. The largest absolute Gasteiger partial charge is 0.310 e. The molecule has 1 aromatic carbocycles. The lowest BCUT2D eigenvalue weighted by atomic mass is 9.96. The highest BCUT2D eigenvalue weighted by atomic mass is 16.1. The van der Waals surface area contributed by atoms with Crippen LogP contribution in [-0.4, -0.2) is 18.9 Å². The second-order valence-electron chi connectivity index (χ2n) is 4.73. The highest BCUT2D eigenvalue weighted by Gasteiger charge is 2.11. The molecule has 0 saturated carbocycles. The van der Waals surface area contributed by atoms with Gasteiger partial charge in [0.1, 0.15) is 0 Å². The molecule has 1 N–H and O–H groups in total. The molecule has 0 unspecified atom stereocenters. The van der Waals surface area contributed by atoms with Gasteiger partial charge in [0.2, 0.25) is 0 Å². The van der Waals surface area contributed by atoms with Crippen molar-refractivity contribution in [3.8, 4) is 0 Å². The van der Waals surface area contributed by atoms with E-state index in [0.29, 0.717) is 6.54 Å². The Balaban J connectivity index is 2.69. The van der Waals surface area contributed by atoms with Crippen LogP contribution < -0.4 is 5.32 Å². The second kappa shape index (κ2) is 6.55. The van der Waals surface area contributed by atoms with Crippen molar-refractivity contribution in [2.45, 2.75) is 40.5 Å². The molecule has 2 nitrogen and oxygen atoms in total. The molecule has 0 aliphatic rings. The third kappa shape index (κ3) is 3.97. The van der Waals surface area contributed by atoms with E-state index in [1.54, 1.807) is 0 Å². The average molecular weight is 233 g/mol. The molecule has 0 saturated heterocycles. The van der Waals surface area contributed by atoms with E-state index < -0.39 is 0 Å². The van der Waals surface area contributed by atoms with Crippen molar-refractivity contribution in [1.29, 1.82) is 0 Å². The lowest BCUT2D eigenvalue weighted by Crippen LogP contribution is -2.25. The van der Waals surface area contributed by atoms with Crippen molar-refractivity contribution in [2.24, 2.45) is 0 Å². The molecule has 0 radical (unpaired) electrons. The van der Waals surface area contributed by atoms with Crippen molar-refractivity contribution in [2.75, 3.05) is 13.1 Å². The van der Waals surface area contributed by atoms with Gasteiger partial charge < -0.3 is 5.32 Å². The minimum atomic E-state index is 0.205. The van der Waals surface area contributed by atoms with E-state index in [2.05, 4.69) is 31.3 Å². The van der Waals surface area contributed by atoms with Gasteiger partial charge in [-0.25, -0.2) is 0 Å². The van der Waals surface area contributed by atoms with Crippen molar-refractivity contribution in [1.82, 2.24) is 5.32 Å². The minimum Gasteiger partial charge on any atom is -0.310 e. The van der Waals surface area contributed by atoms with E-state index in [1.807, 2.05) is 13.8 Å². The maximum atomic E-state index is 12.1. The van der Waals surface area contributed by atoms with Gasteiger partial charge >= 0.3 is 0 Å². The molecule has 0 heterocycles. The van der Waals surface area contributed by atoms with Crippen LogP contribution in [0.15, 0.2) is 12.1 Å². The molecule has 0 aliphatic heterocycles. The number of nitrogens with one attached hydrogen (secondary N) is 1. The molecule has 0 fully saturated rings. The van der Waals surface area contributed by atoms with E-state index in [9.17, 15) is 4.79 Å². The van der Waals surface area contributed by atoms with Gasteiger partial charge in [0.05, 0.1) is 6.54 Å². The first-order chi connectivity index (χ1) is 8.06. The van der Waals surface area contributed by atoms with Crippen LogP contribution in [0.1, 0.15) is 46.8 Å². The van der Waals surface area contributed by atoms with Crippen molar-refractivity contribution >= 4 is 5.78 Å². The number of ketones is 1. The van der Waals surface area contributed by atoms with E-state index in [-0.39, 0.29) is 5.78 Å². The van der Waals surface area contributed by atoms with Gasteiger partial charge in [-0.1, -0.05) is 31.0 Å². The molecule has 2 heteroatoms. The Morgan fingerprint density at radius 1 is 1.18 bits per heavy atom. The lowest BCUT2D eigenvalue weighted by molar-refractivity contribution is 0.0990. The molecular formula is C15H23NO. The third-order valence-electron chi connectivity index (χ3n) is 2.95. The molecule has 0 atom stereocenters. The molecule has 94 valence electrons. The highest BCUT2D eigenvalue weighted by Crippen LogP contribution is 2.16. The number of aryl methyl sites for hydroxylation is 3. The van der Waals surface area contributed by atoms with Crippen LogP contribution >= 0.6 is 0 Å². The normalized spacial score (nSPS) is 10.6. The fraction of sp³-hybridized carbons (Fsp3) is 0.533. The van der Waals surface area contributed by atoms with E-state index in [0.717, 1.165) is 36.1 Å². The van der Waals surface area contributed by atoms with Gasteiger partial charge in [0.25, 0.3) is 0 Å². The lowest BCUT2D eigenvalue weighted by Gasteiger charge is -2.10. The zero-order valence-electron chi connectivity index (χ0n) is 11.4. The fourth-order valence-electron chi connectivity index (χ4n) is 2.21. The van der Waals surface area contributed by atoms with E-state index in [1.165, 1.54) is 5.56 Å². The standard InChI is InChI=1S/C15H23NO/c1-5-6-7-16-10-14(17)15-12(3)8-11(2)9-13(15)4/h8-9,16H,5-7,10H2,1-4H3. The summed E-state index contributed by atoms with van der Waals surface area (Å²) >= 11 is 0. The quantitative estimate of drug-likeness (QED) is 0.604. The Hall–Kier alpha value is -1.15. The molecule has 0 aromatic heterocycles. The van der Waals surface area contributed by atoms with Crippen LogP contribution in [0.5, 0.6) is 0 Å². The zero-order valence-corrected chi connectivity index (χ0v) is 11.4. The highest BCUT2D eigenvalue weighted by molar-refractivity contribution is 6.00. The number of rotatable bonds is 6. The topological polar surface area (TPSA) is 29.1 Å². The Kier molecular flexibility index (Phi) is 5.36. The van der Waals surface area contributed by atoms with E-state index in [4.69, 9.17) is 0 Å². The fourth-order valence-corrected chi connectivity index (χ4v) is 2.21. The summed E-state index contributed by atoms with van der Waals surface area (Å²) in [5.74, 6) is 0.205. The first kappa shape index (κ1) is 13.9. The van der Waals surface area contributed by atoms with E-state index >= 15 is 0 Å². The van der Waals surface area contributed by atoms with Crippen LogP contribution in [0, 0.1) is 20.8 Å². The molecule has 1 rings (SSSR count). The molecule has 0 aliphatic carbocycles. The van der Waals surface area contributed by atoms with Crippen LogP contribution in [-0.2, 0) is 0 Å². The first-order valence-electron chi connectivity index (χ1n) is 6.38. The van der Waals surface area contributed by atoms with Gasteiger partial charge in [0, 0.05) is 5.56 Å². The molecule has 17 heavy (non-hydrogen) atoms. The Labute approximate surface area is 104 Å². The number of hydrogen-bond acceptors (Lipinski definition) is 2. The molecule has 1 aromatic rings. The van der Waals surface area contributed by atoms with Crippen LogP contribution in [0.4, 0.5) is 0 Å². The summed E-state index contributed by atoms with van der Waals surface area (Å²) < 4.78 is 0. The average Bonchev–Trinajstić information content (AvgIpc) is 2.23. The number of carbonyl (C=O) groups excluding carboxylic acids is 1. The Bertz CT molecular complexity index is 373. The number of Topliss-reactive ketones (excluding diaryl/α,β-unsaturated/α-hetero) is 1. The predicted octanol–water partition coefficient (Wildman–Crippen LogP) is 3.18. The number of benzene rings is 1. The van der Waals surface area contributed by atoms with Gasteiger partial charge in [-0.2, -0.15) is 0 Å². The number of carbonyl (C=O) groups is 1. The van der Waals surface area contributed by atoms with Gasteiger partial charge in [-0.05, 0) is 44.9 Å². The zero-order chi connectivity index (χ0) is 12.8. The number of hydrogen-bond donors (Lipinski definition) is 1. The SMILES string of the molecule is CCCCNCC(=O)c1c(C)cc(C)cc1C. The second-order valence-corrected chi connectivity index (χ2v) is 4.73. The van der Waals surface area contributed by atoms with Crippen molar-refractivity contribution < 1.29 is 4.79 Å². The summed E-state index contributed by atoms with van der Waals surface area (Å²) in [5.41, 5.74) is 4.28. The van der Waals surface area contributed by atoms with Crippen molar-refractivity contribution in [3.63, 3.8) is 0 Å². The monoisotopic (exact) mass is 233 g/mol.